The van der Waals surface area contributed by atoms with Gasteiger partial charge in [0.15, 0.2) is 0 Å². The maximum absolute atomic E-state index is 12.1. The topological polar surface area (TPSA) is 92.4 Å². The maximum Gasteiger partial charge on any atom is 0.241 e. The highest BCUT2D eigenvalue weighted by Crippen LogP contribution is 2.24. The number of anilines is 1. The molecule has 0 aliphatic rings. The first-order chi connectivity index (χ1) is 9.01. The quantitative estimate of drug-likeness (QED) is 0.697. The Kier molecular flexibility index (Phi) is 5.60. The molecule has 0 aromatic heterocycles. The molecular formula is C13H21BrN2O3S. The van der Waals surface area contributed by atoms with Crippen molar-refractivity contribution in [2.45, 2.75) is 38.2 Å². The van der Waals surface area contributed by atoms with Crippen LogP contribution in [-0.2, 0) is 10.0 Å². The van der Waals surface area contributed by atoms with E-state index in [2.05, 4.69) is 20.7 Å². The molecule has 0 fully saturated rings. The Morgan fingerprint density at radius 2 is 2.00 bits per heavy atom. The Labute approximate surface area is 128 Å². The summed E-state index contributed by atoms with van der Waals surface area (Å²) in [5.74, 6) is 0. The summed E-state index contributed by atoms with van der Waals surface area (Å²) in [5.41, 5.74) is 5.99. The van der Waals surface area contributed by atoms with Crippen molar-refractivity contribution in [1.29, 1.82) is 0 Å². The normalized spacial score (nSPS) is 14.2. The van der Waals surface area contributed by atoms with E-state index in [4.69, 9.17) is 5.73 Å². The smallest absolute Gasteiger partial charge is 0.241 e. The Bertz CT molecular complexity index is 567. The summed E-state index contributed by atoms with van der Waals surface area (Å²) < 4.78 is 27.1. The molecule has 20 heavy (non-hydrogen) atoms. The third kappa shape index (κ3) is 5.40. The second-order valence-corrected chi connectivity index (χ2v) is 8.55. The molecular weight excluding hydrogens is 344 g/mol. The van der Waals surface area contributed by atoms with Crippen LogP contribution in [0, 0.1) is 5.41 Å². The average Bonchev–Trinajstić information content (AvgIpc) is 2.23. The molecule has 0 heterocycles. The largest absolute Gasteiger partial charge is 0.399 e. The van der Waals surface area contributed by atoms with E-state index in [1.807, 2.05) is 20.8 Å². The van der Waals surface area contributed by atoms with Gasteiger partial charge in [0.05, 0.1) is 11.0 Å². The first-order valence-electron chi connectivity index (χ1n) is 6.24. The van der Waals surface area contributed by atoms with Gasteiger partial charge in [0.1, 0.15) is 0 Å². The zero-order valence-electron chi connectivity index (χ0n) is 11.9. The summed E-state index contributed by atoms with van der Waals surface area (Å²) in [6.45, 7) is 5.94. The fourth-order valence-electron chi connectivity index (χ4n) is 1.80. The number of hydrogen-bond donors (Lipinski definition) is 3. The molecule has 0 saturated heterocycles. The number of nitrogens with two attached hydrogens (primary N) is 1. The predicted octanol–water partition coefficient (Wildman–Crippen LogP) is 2.11. The van der Waals surface area contributed by atoms with Crippen LogP contribution in [0.1, 0.15) is 27.2 Å². The second kappa shape index (κ2) is 6.43. The zero-order chi connectivity index (χ0) is 15.6. The summed E-state index contributed by atoms with van der Waals surface area (Å²) in [6, 6.07) is 4.48. The van der Waals surface area contributed by atoms with Crippen LogP contribution in [-0.4, -0.2) is 26.2 Å². The van der Waals surface area contributed by atoms with Crippen molar-refractivity contribution in [2.24, 2.45) is 5.41 Å². The second-order valence-electron chi connectivity index (χ2n) is 5.96. The third-order valence-electron chi connectivity index (χ3n) is 2.60. The molecule has 7 heteroatoms. The first kappa shape index (κ1) is 17.4. The van der Waals surface area contributed by atoms with Crippen LogP contribution in [0.5, 0.6) is 0 Å². The standard InChI is InChI=1S/C13H21BrN2O3S/c1-13(2,3)7-10(17)8-16-20(18,19)12-5-4-9(15)6-11(12)14/h4-6,10,16-17H,7-8,15H2,1-3H3. The van der Waals surface area contributed by atoms with Gasteiger partial charge in [-0.3, -0.25) is 0 Å². The fraction of sp³-hybridized carbons (Fsp3) is 0.538. The Morgan fingerprint density at radius 3 is 2.50 bits per heavy atom. The van der Waals surface area contributed by atoms with Crippen LogP contribution in [0.15, 0.2) is 27.6 Å². The number of halogens is 1. The van der Waals surface area contributed by atoms with Gasteiger partial charge >= 0.3 is 0 Å². The molecule has 5 nitrogen and oxygen atoms in total. The number of aliphatic hydroxyl groups excluding tert-OH is 1. The highest BCUT2D eigenvalue weighted by Gasteiger charge is 2.21. The van der Waals surface area contributed by atoms with E-state index in [-0.39, 0.29) is 16.9 Å². The highest BCUT2D eigenvalue weighted by atomic mass is 79.9. The summed E-state index contributed by atoms with van der Waals surface area (Å²) in [4.78, 5) is 0.106. The maximum atomic E-state index is 12.1. The molecule has 0 aliphatic carbocycles. The van der Waals surface area contributed by atoms with Crippen molar-refractivity contribution in [2.75, 3.05) is 12.3 Å². The van der Waals surface area contributed by atoms with Crippen LogP contribution >= 0.6 is 15.9 Å². The molecule has 1 atom stereocenters. The van der Waals surface area contributed by atoms with Crippen molar-refractivity contribution in [3.05, 3.63) is 22.7 Å². The first-order valence-corrected chi connectivity index (χ1v) is 8.52. The fourth-order valence-corrected chi connectivity index (χ4v) is 3.96. The minimum absolute atomic E-state index is 0.0174. The number of sulfonamides is 1. The van der Waals surface area contributed by atoms with Gasteiger partial charge in [-0.2, -0.15) is 0 Å². The summed E-state index contributed by atoms with van der Waals surface area (Å²) in [7, 11) is -3.67. The van der Waals surface area contributed by atoms with E-state index in [1.165, 1.54) is 18.2 Å². The lowest BCUT2D eigenvalue weighted by Gasteiger charge is -2.22. The number of hydrogen-bond acceptors (Lipinski definition) is 4. The third-order valence-corrected chi connectivity index (χ3v) is 5.00. The van der Waals surface area contributed by atoms with E-state index in [0.29, 0.717) is 16.6 Å². The van der Waals surface area contributed by atoms with Gasteiger partial charge in [0.2, 0.25) is 10.0 Å². The molecule has 0 amide bonds. The van der Waals surface area contributed by atoms with Crippen molar-refractivity contribution >= 4 is 31.6 Å². The molecule has 1 aromatic rings. The van der Waals surface area contributed by atoms with Gasteiger partial charge in [-0.15, -0.1) is 0 Å². The number of benzene rings is 1. The lowest BCUT2D eigenvalue weighted by Crippen LogP contribution is -2.34. The number of nitrogens with one attached hydrogen (secondary N) is 1. The van der Waals surface area contributed by atoms with E-state index >= 15 is 0 Å². The van der Waals surface area contributed by atoms with Crippen LogP contribution in [0.25, 0.3) is 0 Å². The van der Waals surface area contributed by atoms with Gasteiger partial charge in [0.25, 0.3) is 0 Å². The molecule has 114 valence electrons. The van der Waals surface area contributed by atoms with E-state index < -0.39 is 16.1 Å². The minimum Gasteiger partial charge on any atom is -0.399 e. The lowest BCUT2D eigenvalue weighted by atomic mass is 9.89. The van der Waals surface area contributed by atoms with Crippen molar-refractivity contribution < 1.29 is 13.5 Å². The molecule has 1 rings (SSSR count). The lowest BCUT2D eigenvalue weighted by molar-refractivity contribution is 0.125. The Balaban J connectivity index is 2.76. The van der Waals surface area contributed by atoms with Gasteiger partial charge in [-0.25, -0.2) is 13.1 Å². The number of aliphatic hydroxyl groups is 1. The van der Waals surface area contributed by atoms with E-state index in [1.54, 1.807) is 0 Å². The Hall–Kier alpha value is -0.630. The van der Waals surface area contributed by atoms with Crippen LogP contribution in [0.4, 0.5) is 5.69 Å². The number of rotatable bonds is 5. The monoisotopic (exact) mass is 364 g/mol. The SMILES string of the molecule is CC(C)(C)CC(O)CNS(=O)(=O)c1ccc(N)cc1Br. The molecule has 0 aliphatic heterocycles. The van der Waals surface area contributed by atoms with Gasteiger partial charge in [-0.1, -0.05) is 20.8 Å². The molecule has 4 N–H and O–H groups in total. The van der Waals surface area contributed by atoms with Crippen molar-refractivity contribution in [1.82, 2.24) is 4.72 Å². The zero-order valence-corrected chi connectivity index (χ0v) is 14.3. The predicted molar refractivity (Wildman–Crippen MR) is 83.8 cm³/mol. The Morgan fingerprint density at radius 1 is 1.40 bits per heavy atom. The summed E-state index contributed by atoms with van der Waals surface area (Å²) in [5, 5.41) is 9.85. The van der Waals surface area contributed by atoms with Crippen LogP contribution in [0.3, 0.4) is 0 Å². The van der Waals surface area contributed by atoms with E-state index in [0.717, 1.165) is 0 Å². The van der Waals surface area contributed by atoms with Crippen LogP contribution < -0.4 is 10.5 Å². The molecule has 1 aromatic carbocycles. The molecule has 0 bridgehead atoms. The van der Waals surface area contributed by atoms with E-state index in [9.17, 15) is 13.5 Å². The van der Waals surface area contributed by atoms with Crippen molar-refractivity contribution in [3.8, 4) is 0 Å². The van der Waals surface area contributed by atoms with Gasteiger partial charge < -0.3 is 10.8 Å². The van der Waals surface area contributed by atoms with Crippen molar-refractivity contribution in [3.63, 3.8) is 0 Å². The summed E-state index contributed by atoms with van der Waals surface area (Å²) in [6.07, 6.45) is -0.212. The molecule has 0 spiro atoms. The average molecular weight is 365 g/mol. The highest BCUT2D eigenvalue weighted by molar-refractivity contribution is 9.10. The minimum atomic E-state index is -3.67. The van der Waals surface area contributed by atoms with Gasteiger partial charge in [-0.05, 0) is 46.0 Å². The molecule has 0 radical (unpaired) electrons. The molecule has 0 saturated carbocycles. The van der Waals surface area contributed by atoms with Gasteiger partial charge in [0, 0.05) is 16.7 Å². The molecule has 1 unspecified atom stereocenters. The number of nitrogen functional groups attached to an aromatic ring is 1. The van der Waals surface area contributed by atoms with Crippen LogP contribution in [0.2, 0.25) is 0 Å². The summed E-state index contributed by atoms with van der Waals surface area (Å²) >= 11 is 3.18.